The van der Waals surface area contributed by atoms with Crippen molar-refractivity contribution in [2.75, 3.05) is 13.2 Å². The molecule has 0 aromatic heterocycles. The fourth-order valence-corrected chi connectivity index (χ4v) is 3.98. The summed E-state index contributed by atoms with van der Waals surface area (Å²) in [5.41, 5.74) is 13.1. The second kappa shape index (κ2) is 16.2. The summed E-state index contributed by atoms with van der Waals surface area (Å²) in [5, 5.41) is 17.5. The average Bonchev–Trinajstić information content (AvgIpc) is 2.89. The van der Waals surface area contributed by atoms with Gasteiger partial charge < -0.3 is 37.3 Å². The highest BCUT2D eigenvalue weighted by atomic mass is 16.5. The van der Waals surface area contributed by atoms with Gasteiger partial charge in [0.15, 0.2) is 0 Å². The van der Waals surface area contributed by atoms with Crippen molar-refractivity contribution in [3.63, 3.8) is 0 Å². The summed E-state index contributed by atoms with van der Waals surface area (Å²) in [7, 11) is 0. The molecule has 0 aliphatic heterocycles. The van der Waals surface area contributed by atoms with Gasteiger partial charge in [0.25, 0.3) is 0 Å². The number of nitrogens with two attached hydrogens (primary N) is 2. The third-order valence-corrected chi connectivity index (χ3v) is 6.02. The summed E-state index contributed by atoms with van der Waals surface area (Å²) < 4.78 is 5.47. The Labute approximate surface area is 235 Å². The van der Waals surface area contributed by atoms with E-state index in [2.05, 4.69) is 16.0 Å². The van der Waals surface area contributed by atoms with E-state index in [4.69, 9.17) is 16.2 Å². The minimum atomic E-state index is -0.956. The number of phenolic OH excluding ortho intramolecular Hbond substituents is 1. The maximum Gasteiger partial charge on any atom is 0.246 e. The Bertz CT molecular complexity index is 1110. The molecule has 0 radical (unpaired) electrons. The van der Waals surface area contributed by atoms with Gasteiger partial charge in [-0.1, -0.05) is 56.3 Å². The molecule has 11 nitrogen and oxygen atoms in total. The predicted molar refractivity (Wildman–Crippen MR) is 151 cm³/mol. The first-order valence-corrected chi connectivity index (χ1v) is 13.3. The maximum atomic E-state index is 13.0. The third-order valence-electron chi connectivity index (χ3n) is 6.02. The molecule has 2 aromatic rings. The van der Waals surface area contributed by atoms with E-state index in [1.807, 2.05) is 44.2 Å². The van der Waals surface area contributed by atoms with E-state index in [0.29, 0.717) is 12.8 Å². The van der Waals surface area contributed by atoms with Crippen LogP contribution in [0.1, 0.15) is 38.3 Å². The molecule has 0 heterocycles. The van der Waals surface area contributed by atoms with E-state index in [9.17, 15) is 24.3 Å². The third kappa shape index (κ3) is 11.8. The second-order valence-electron chi connectivity index (χ2n) is 10.3. The molecule has 4 atom stereocenters. The van der Waals surface area contributed by atoms with Crippen molar-refractivity contribution in [3.8, 4) is 5.75 Å². The van der Waals surface area contributed by atoms with Crippen molar-refractivity contribution in [1.29, 1.82) is 0 Å². The van der Waals surface area contributed by atoms with Crippen LogP contribution in [0.2, 0.25) is 0 Å². The molecule has 0 saturated heterocycles. The number of carbonyl (C=O) groups excluding carboxylic acids is 4. The standard InChI is InChI=1S/C29H41N5O6/c1-18(2)13-24(27(31)37)34-29(39)25(15-20-7-5-4-6-8-20)33-26(36)17-40-16-19(3)32-28(38)23(30)14-21-9-11-22(35)12-10-21/h4-12,18-19,23-25,35H,13-17,30H2,1-3H3,(H2,31,37)(H,32,38)(H,33,36)(H,34,39)/t19-,23+,24+,25+/m1/s1. The van der Waals surface area contributed by atoms with Gasteiger partial charge in [-0.3, -0.25) is 19.2 Å². The number of benzene rings is 2. The molecular formula is C29H41N5O6. The van der Waals surface area contributed by atoms with Crippen LogP contribution in [0.3, 0.4) is 0 Å². The molecule has 2 rings (SSSR count). The first kappa shape index (κ1) is 32.3. The van der Waals surface area contributed by atoms with Crippen molar-refractivity contribution < 1.29 is 29.0 Å². The Morgan fingerprint density at radius 1 is 0.825 bits per heavy atom. The monoisotopic (exact) mass is 555 g/mol. The molecule has 0 bridgehead atoms. The molecule has 4 amide bonds. The first-order chi connectivity index (χ1) is 18.9. The summed E-state index contributed by atoms with van der Waals surface area (Å²) in [4.78, 5) is 50.0. The van der Waals surface area contributed by atoms with Gasteiger partial charge in [0.1, 0.15) is 24.4 Å². The number of carbonyl (C=O) groups is 4. The second-order valence-corrected chi connectivity index (χ2v) is 10.3. The number of hydrogen-bond acceptors (Lipinski definition) is 7. The molecule has 0 aliphatic carbocycles. The Morgan fingerprint density at radius 3 is 2.05 bits per heavy atom. The zero-order valence-electron chi connectivity index (χ0n) is 23.3. The van der Waals surface area contributed by atoms with Gasteiger partial charge in [-0.25, -0.2) is 0 Å². The molecule has 0 spiro atoms. The molecule has 0 aliphatic rings. The summed E-state index contributed by atoms with van der Waals surface area (Å²) in [6.45, 7) is 5.24. The van der Waals surface area contributed by atoms with Crippen molar-refractivity contribution in [3.05, 3.63) is 65.7 Å². The highest BCUT2D eigenvalue weighted by molar-refractivity contribution is 5.92. The van der Waals surface area contributed by atoms with Crippen molar-refractivity contribution in [2.45, 2.75) is 64.2 Å². The van der Waals surface area contributed by atoms with E-state index in [1.54, 1.807) is 19.1 Å². The van der Waals surface area contributed by atoms with Crippen LogP contribution >= 0.6 is 0 Å². The summed E-state index contributed by atoms with van der Waals surface area (Å²) >= 11 is 0. The lowest BCUT2D eigenvalue weighted by molar-refractivity contribution is -0.133. The van der Waals surface area contributed by atoms with Crippen LogP contribution in [-0.2, 0) is 36.8 Å². The van der Waals surface area contributed by atoms with Crippen molar-refractivity contribution in [1.82, 2.24) is 16.0 Å². The summed E-state index contributed by atoms with van der Waals surface area (Å²) in [6.07, 6.45) is 0.871. The largest absolute Gasteiger partial charge is 0.508 e. The number of primary amides is 1. The lowest BCUT2D eigenvalue weighted by Crippen LogP contribution is -2.54. The van der Waals surface area contributed by atoms with Crippen LogP contribution in [0.4, 0.5) is 0 Å². The molecule has 0 saturated carbocycles. The molecular weight excluding hydrogens is 514 g/mol. The van der Waals surface area contributed by atoms with Crippen LogP contribution in [0.25, 0.3) is 0 Å². The van der Waals surface area contributed by atoms with Crippen LogP contribution in [0.5, 0.6) is 5.75 Å². The number of phenols is 1. The van der Waals surface area contributed by atoms with Gasteiger partial charge in [0, 0.05) is 12.5 Å². The summed E-state index contributed by atoms with van der Waals surface area (Å²) in [5.74, 6) is -1.82. The minimum Gasteiger partial charge on any atom is -0.508 e. The topological polar surface area (TPSA) is 186 Å². The lowest BCUT2D eigenvalue weighted by Gasteiger charge is -2.23. The van der Waals surface area contributed by atoms with Gasteiger partial charge in [0.2, 0.25) is 23.6 Å². The van der Waals surface area contributed by atoms with Gasteiger partial charge in [-0.2, -0.15) is 0 Å². The fraction of sp³-hybridized carbons (Fsp3) is 0.448. The van der Waals surface area contributed by atoms with Gasteiger partial charge in [-0.05, 0) is 48.9 Å². The molecule has 0 fully saturated rings. The van der Waals surface area contributed by atoms with E-state index >= 15 is 0 Å². The van der Waals surface area contributed by atoms with Crippen molar-refractivity contribution >= 4 is 23.6 Å². The van der Waals surface area contributed by atoms with Gasteiger partial charge in [0.05, 0.1) is 12.6 Å². The quantitative estimate of drug-likeness (QED) is 0.174. The maximum absolute atomic E-state index is 13.0. The minimum absolute atomic E-state index is 0.0405. The lowest BCUT2D eigenvalue weighted by atomic mass is 10.0. The van der Waals surface area contributed by atoms with Crippen LogP contribution < -0.4 is 27.4 Å². The average molecular weight is 556 g/mol. The highest BCUT2D eigenvalue weighted by Gasteiger charge is 2.26. The Balaban J connectivity index is 1.87. The van der Waals surface area contributed by atoms with Gasteiger partial charge >= 0.3 is 0 Å². The van der Waals surface area contributed by atoms with Crippen LogP contribution in [0.15, 0.2) is 54.6 Å². The molecule has 8 N–H and O–H groups in total. The zero-order chi connectivity index (χ0) is 29.7. The fourth-order valence-electron chi connectivity index (χ4n) is 3.98. The Hall–Kier alpha value is -3.96. The SMILES string of the molecule is CC(C)C[C@H](NC(=O)[C@H](Cc1ccccc1)NC(=O)COC[C@@H](C)NC(=O)[C@@H](N)Cc1ccc(O)cc1)C(N)=O. The molecule has 2 aromatic carbocycles. The Morgan fingerprint density at radius 2 is 1.45 bits per heavy atom. The van der Waals surface area contributed by atoms with Crippen LogP contribution in [0, 0.1) is 5.92 Å². The molecule has 218 valence electrons. The molecule has 0 unspecified atom stereocenters. The number of amides is 4. The number of aromatic hydroxyl groups is 1. The van der Waals surface area contributed by atoms with Crippen molar-refractivity contribution in [2.24, 2.45) is 17.4 Å². The van der Waals surface area contributed by atoms with Crippen LogP contribution in [-0.4, -0.2) is 66.1 Å². The van der Waals surface area contributed by atoms with E-state index in [-0.39, 0.29) is 37.2 Å². The predicted octanol–water partition coefficient (Wildman–Crippen LogP) is 0.527. The zero-order valence-corrected chi connectivity index (χ0v) is 23.3. The Kier molecular flexibility index (Phi) is 13.1. The van der Waals surface area contributed by atoms with E-state index < -0.39 is 41.9 Å². The first-order valence-electron chi connectivity index (χ1n) is 13.3. The number of hydrogen-bond donors (Lipinski definition) is 6. The molecule has 11 heteroatoms. The van der Waals surface area contributed by atoms with Gasteiger partial charge in [-0.15, -0.1) is 0 Å². The normalized spacial score (nSPS) is 14.0. The van der Waals surface area contributed by atoms with E-state index in [1.165, 1.54) is 12.1 Å². The summed E-state index contributed by atoms with van der Waals surface area (Å²) in [6, 6.07) is 12.6. The van der Waals surface area contributed by atoms with E-state index in [0.717, 1.165) is 11.1 Å². The molecule has 40 heavy (non-hydrogen) atoms. The number of ether oxygens (including phenoxy) is 1. The number of nitrogens with one attached hydrogen (secondary N) is 3. The smallest absolute Gasteiger partial charge is 0.246 e. The highest BCUT2D eigenvalue weighted by Crippen LogP contribution is 2.11. The number of rotatable bonds is 16.